The second kappa shape index (κ2) is 4.63. The highest BCUT2D eigenvalue weighted by Crippen LogP contribution is 2.31. The predicted molar refractivity (Wildman–Crippen MR) is 79.4 cm³/mol. The topological polar surface area (TPSA) is 45.2 Å². The number of carbonyl (C=O) groups is 1. The molecule has 2 aromatic rings. The summed E-state index contributed by atoms with van der Waals surface area (Å²) in [6.45, 7) is 6.41. The van der Waals surface area contributed by atoms with E-state index >= 15 is 0 Å². The standard InChI is InChI=1S/C16H17N3O/c1-10-4-6-13(7-5-10)19-9-17-16(20)14-11(2)8-12(3)18-15(14)19/h4-8H,9H2,1-3H3,(H,17,20). The number of nitrogens with one attached hydrogen (secondary N) is 1. The SMILES string of the molecule is Cc1ccc(N2CNC(=O)c3c(C)cc(C)nc32)cc1. The summed E-state index contributed by atoms with van der Waals surface area (Å²) in [5, 5.41) is 2.91. The summed E-state index contributed by atoms with van der Waals surface area (Å²) in [4.78, 5) is 18.7. The molecule has 1 aliphatic heterocycles. The van der Waals surface area contributed by atoms with E-state index in [1.165, 1.54) is 5.56 Å². The third-order valence-corrected chi connectivity index (χ3v) is 3.55. The van der Waals surface area contributed by atoms with Crippen LogP contribution in [0.5, 0.6) is 0 Å². The Morgan fingerprint density at radius 2 is 1.85 bits per heavy atom. The highest BCUT2D eigenvalue weighted by atomic mass is 16.2. The largest absolute Gasteiger partial charge is 0.334 e. The molecule has 4 heteroatoms. The first-order valence-corrected chi connectivity index (χ1v) is 6.67. The van der Waals surface area contributed by atoms with E-state index in [1.807, 2.05) is 24.8 Å². The van der Waals surface area contributed by atoms with Gasteiger partial charge in [-0.25, -0.2) is 4.98 Å². The lowest BCUT2D eigenvalue weighted by Crippen LogP contribution is -2.42. The average molecular weight is 267 g/mol. The number of rotatable bonds is 1. The molecular formula is C16H17N3O. The Hall–Kier alpha value is -2.36. The van der Waals surface area contributed by atoms with Crippen LogP contribution < -0.4 is 10.2 Å². The monoisotopic (exact) mass is 267 g/mol. The zero-order valence-corrected chi connectivity index (χ0v) is 11.9. The molecule has 1 aliphatic rings. The van der Waals surface area contributed by atoms with Crippen LogP contribution in [0.25, 0.3) is 0 Å². The molecule has 0 aliphatic carbocycles. The first-order chi connectivity index (χ1) is 9.56. The van der Waals surface area contributed by atoms with Crippen molar-refractivity contribution in [3.8, 4) is 0 Å². The van der Waals surface area contributed by atoms with E-state index in [0.717, 1.165) is 22.8 Å². The third kappa shape index (κ3) is 2.03. The minimum Gasteiger partial charge on any atom is -0.334 e. The van der Waals surface area contributed by atoms with Gasteiger partial charge in [0.25, 0.3) is 5.91 Å². The van der Waals surface area contributed by atoms with Gasteiger partial charge in [-0.1, -0.05) is 17.7 Å². The van der Waals surface area contributed by atoms with Crippen LogP contribution >= 0.6 is 0 Å². The van der Waals surface area contributed by atoms with Crippen LogP contribution in [0.15, 0.2) is 30.3 Å². The van der Waals surface area contributed by atoms with Crippen molar-refractivity contribution < 1.29 is 4.79 Å². The Morgan fingerprint density at radius 3 is 2.55 bits per heavy atom. The van der Waals surface area contributed by atoms with Crippen molar-refractivity contribution in [1.82, 2.24) is 10.3 Å². The van der Waals surface area contributed by atoms with E-state index in [9.17, 15) is 4.79 Å². The Balaban J connectivity index is 2.15. The Bertz CT molecular complexity index is 677. The number of anilines is 2. The number of hydrogen-bond acceptors (Lipinski definition) is 3. The molecular weight excluding hydrogens is 250 g/mol. The summed E-state index contributed by atoms with van der Waals surface area (Å²) < 4.78 is 0. The maximum absolute atomic E-state index is 12.1. The minimum atomic E-state index is -0.0478. The molecule has 0 fully saturated rings. The molecule has 0 saturated carbocycles. The molecule has 1 aromatic heterocycles. The Morgan fingerprint density at radius 1 is 1.15 bits per heavy atom. The molecule has 0 bridgehead atoms. The summed E-state index contributed by atoms with van der Waals surface area (Å²) in [5.41, 5.74) is 4.80. The second-order valence-electron chi connectivity index (χ2n) is 5.21. The van der Waals surface area contributed by atoms with Crippen LogP contribution in [0.4, 0.5) is 11.5 Å². The van der Waals surface area contributed by atoms with Gasteiger partial charge < -0.3 is 10.2 Å². The van der Waals surface area contributed by atoms with Gasteiger partial charge in [0.05, 0.1) is 12.2 Å². The highest BCUT2D eigenvalue weighted by molar-refractivity contribution is 6.03. The van der Waals surface area contributed by atoms with Gasteiger partial charge in [-0.15, -0.1) is 0 Å². The van der Waals surface area contributed by atoms with Gasteiger partial charge in [0.15, 0.2) is 0 Å². The van der Waals surface area contributed by atoms with E-state index in [2.05, 4.69) is 41.5 Å². The quantitative estimate of drug-likeness (QED) is 0.864. The number of amides is 1. The molecule has 0 radical (unpaired) electrons. The number of pyridine rings is 1. The smallest absolute Gasteiger partial charge is 0.256 e. The van der Waals surface area contributed by atoms with Crippen LogP contribution in [0, 0.1) is 20.8 Å². The average Bonchev–Trinajstić information content (AvgIpc) is 2.39. The molecule has 0 atom stereocenters. The lowest BCUT2D eigenvalue weighted by atomic mass is 10.1. The van der Waals surface area contributed by atoms with Gasteiger partial charge in [-0.3, -0.25) is 4.79 Å². The summed E-state index contributed by atoms with van der Waals surface area (Å²) in [5.74, 6) is 0.698. The van der Waals surface area contributed by atoms with Crippen LogP contribution in [0.2, 0.25) is 0 Å². The van der Waals surface area contributed by atoms with Gasteiger partial charge in [-0.2, -0.15) is 0 Å². The fourth-order valence-corrected chi connectivity index (χ4v) is 2.55. The molecule has 1 aromatic carbocycles. The van der Waals surface area contributed by atoms with E-state index in [0.29, 0.717) is 12.2 Å². The number of aromatic nitrogens is 1. The van der Waals surface area contributed by atoms with E-state index in [-0.39, 0.29) is 5.91 Å². The summed E-state index contributed by atoms with van der Waals surface area (Å²) in [6.07, 6.45) is 0. The molecule has 1 N–H and O–H groups in total. The lowest BCUT2D eigenvalue weighted by Gasteiger charge is -2.31. The number of benzene rings is 1. The number of hydrogen-bond donors (Lipinski definition) is 1. The van der Waals surface area contributed by atoms with E-state index in [4.69, 9.17) is 0 Å². The zero-order chi connectivity index (χ0) is 14.3. The van der Waals surface area contributed by atoms with Crippen molar-refractivity contribution in [3.63, 3.8) is 0 Å². The molecule has 3 rings (SSSR count). The van der Waals surface area contributed by atoms with Crippen molar-refractivity contribution in [2.75, 3.05) is 11.6 Å². The van der Waals surface area contributed by atoms with Gasteiger partial charge >= 0.3 is 0 Å². The normalized spacial score (nSPS) is 13.9. The van der Waals surface area contributed by atoms with E-state index < -0.39 is 0 Å². The fraction of sp³-hybridized carbons (Fsp3) is 0.250. The number of aryl methyl sites for hydroxylation is 3. The molecule has 0 saturated heterocycles. The first-order valence-electron chi connectivity index (χ1n) is 6.67. The zero-order valence-electron chi connectivity index (χ0n) is 11.9. The maximum Gasteiger partial charge on any atom is 0.256 e. The molecule has 2 heterocycles. The predicted octanol–water partition coefficient (Wildman–Crippen LogP) is 2.85. The van der Waals surface area contributed by atoms with Gasteiger partial charge in [0.1, 0.15) is 5.82 Å². The van der Waals surface area contributed by atoms with Crippen LogP contribution in [-0.4, -0.2) is 17.6 Å². The molecule has 4 nitrogen and oxygen atoms in total. The van der Waals surface area contributed by atoms with Crippen molar-refractivity contribution in [3.05, 3.63) is 52.7 Å². The number of nitrogens with zero attached hydrogens (tertiary/aromatic N) is 2. The van der Waals surface area contributed by atoms with Crippen LogP contribution in [0.3, 0.4) is 0 Å². The fourth-order valence-electron chi connectivity index (χ4n) is 2.55. The Labute approximate surface area is 118 Å². The molecule has 1 amide bonds. The second-order valence-corrected chi connectivity index (χ2v) is 5.21. The summed E-state index contributed by atoms with van der Waals surface area (Å²) in [6, 6.07) is 10.2. The van der Waals surface area contributed by atoms with Crippen molar-refractivity contribution in [2.45, 2.75) is 20.8 Å². The van der Waals surface area contributed by atoms with Crippen molar-refractivity contribution in [2.24, 2.45) is 0 Å². The first kappa shape index (κ1) is 12.7. The molecule has 20 heavy (non-hydrogen) atoms. The van der Waals surface area contributed by atoms with Gasteiger partial charge in [0, 0.05) is 11.4 Å². The molecule has 0 unspecified atom stereocenters. The summed E-state index contributed by atoms with van der Waals surface area (Å²) in [7, 11) is 0. The Kier molecular flexibility index (Phi) is 2.93. The molecule has 102 valence electrons. The van der Waals surface area contributed by atoms with Crippen LogP contribution in [-0.2, 0) is 0 Å². The third-order valence-electron chi connectivity index (χ3n) is 3.55. The van der Waals surface area contributed by atoms with Crippen molar-refractivity contribution in [1.29, 1.82) is 0 Å². The van der Waals surface area contributed by atoms with Crippen LogP contribution in [0.1, 0.15) is 27.2 Å². The van der Waals surface area contributed by atoms with E-state index in [1.54, 1.807) is 0 Å². The van der Waals surface area contributed by atoms with Gasteiger partial charge in [-0.05, 0) is 44.5 Å². The highest BCUT2D eigenvalue weighted by Gasteiger charge is 2.27. The maximum atomic E-state index is 12.1. The number of fused-ring (bicyclic) bond motifs is 1. The lowest BCUT2D eigenvalue weighted by molar-refractivity contribution is 0.0948. The van der Waals surface area contributed by atoms with Gasteiger partial charge in [0.2, 0.25) is 0 Å². The molecule has 0 spiro atoms. The van der Waals surface area contributed by atoms with Crippen molar-refractivity contribution >= 4 is 17.4 Å². The number of carbonyl (C=O) groups excluding carboxylic acids is 1. The minimum absolute atomic E-state index is 0.0478. The summed E-state index contributed by atoms with van der Waals surface area (Å²) >= 11 is 0.